The van der Waals surface area contributed by atoms with Gasteiger partial charge >= 0.3 is 6.75 Å². The second-order valence-electron chi connectivity index (χ2n) is 8.27. The molecule has 2 saturated heterocycles. The third kappa shape index (κ3) is 3.01. The zero-order chi connectivity index (χ0) is 19.6. The van der Waals surface area contributed by atoms with Gasteiger partial charge in [-0.2, -0.15) is 0 Å². The summed E-state index contributed by atoms with van der Waals surface area (Å²) in [7, 11) is 0. The van der Waals surface area contributed by atoms with Gasteiger partial charge in [0.05, 0.1) is 36.4 Å². The maximum absolute atomic E-state index is 12.5. The number of rotatable bonds is 4. The molecule has 3 aliphatic heterocycles. The number of carbonyl (C=O) groups excluding carboxylic acids is 2. The number of likely N-dealkylation sites (tertiary alicyclic amines) is 1. The SMILES string of the molecule is O=C([O-])c1c(OC2CN(C(=O)[C@@H]3C[C@@H]4C[C@@H]4N3)C2)ccc2c1O[B-](O)(O)CC2. The number of ether oxygens (including phenoxy) is 1. The topological polar surface area (TPSA) is 131 Å². The number of aromatic carboxylic acids is 1. The number of nitrogens with zero attached hydrogens (tertiary/aromatic N) is 1. The van der Waals surface area contributed by atoms with Crippen LogP contribution in [0.15, 0.2) is 12.1 Å². The van der Waals surface area contributed by atoms with Crippen molar-refractivity contribution in [2.45, 2.75) is 43.8 Å². The van der Waals surface area contributed by atoms with Gasteiger partial charge < -0.3 is 39.6 Å². The van der Waals surface area contributed by atoms with Gasteiger partial charge in [0, 0.05) is 6.04 Å². The van der Waals surface area contributed by atoms with E-state index in [4.69, 9.17) is 9.39 Å². The Kier molecular flexibility index (Phi) is 3.87. The van der Waals surface area contributed by atoms with E-state index >= 15 is 0 Å². The van der Waals surface area contributed by atoms with E-state index in [9.17, 15) is 24.7 Å². The molecule has 0 spiro atoms. The van der Waals surface area contributed by atoms with Gasteiger partial charge in [0.2, 0.25) is 5.91 Å². The molecular weight excluding hydrogens is 367 g/mol. The maximum Gasteiger partial charge on any atom is 0.430 e. The second-order valence-corrected chi connectivity index (χ2v) is 8.27. The van der Waals surface area contributed by atoms with Crippen molar-refractivity contribution in [1.82, 2.24) is 10.2 Å². The third-order valence-corrected chi connectivity index (χ3v) is 6.13. The van der Waals surface area contributed by atoms with E-state index < -0.39 is 12.7 Å². The predicted molar refractivity (Wildman–Crippen MR) is 94.5 cm³/mol. The largest absolute Gasteiger partial charge is 0.669 e. The van der Waals surface area contributed by atoms with E-state index in [2.05, 4.69) is 5.32 Å². The summed E-state index contributed by atoms with van der Waals surface area (Å²) in [6.45, 7) is -2.34. The summed E-state index contributed by atoms with van der Waals surface area (Å²) in [6.07, 6.45) is 1.99. The number of piperidine rings is 1. The third-order valence-electron chi connectivity index (χ3n) is 6.13. The zero-order valence-corrected chi connectivity index (χ0v) is 15.2. The van der Waals surface area contributed by atoms with Crippen molar-refractivity contribution in [2.24, 2.45) is 5.92 Å². The number of nitrogens with one attached hydrogen (secondary N) is 1. The number of fused-ring (bicyclic) bond motifs is 2. The normalized spacial score (nSPS) is 29.9. The summed E-state index contributed by atoms with van der Waals surface area (Å²) in [5.41, 5.74) is 0.234. The van der Waals surface area contributed by atoms with Crippen LogP contribution in [0.2, 0.25) is 6.32 Å². The number of carboxylic acid groups (broad SMARTS) is 1. The number of aryl methyl sites for hydroxylation is 1. The average Bonchev–Trinajstić information content (AvgIpc) is 3.21. The van der Waals surface area contributed by atoms with Crippen LogP contribution in [-0.4, -0.2) is 64.9 Å². The molecule has 0 unspecified atom stereocenters. The fourth-order valence-corrected chi connectivity index (χ4v) is 4.43. The molecule has 1 aromatic rings. The highest BCUT2D eigenvalue weighted by molar-refractivity contribution is 6.59. The summed E-state index contributed by atoms with van der Waals surface area (Å²) in [5, 5.41) is 34.5. The number of amides is 1. The molecule has 3 atom stereocenters. The van der Waals surface area contributed by atoms with Crippen molar-refractivity contribution in [3.63, 3.8) is 0 Å². The molecule has 150 valence electrons. The Balaban J connectivity index is 1.27. The molecule has 1 aliphatic carbocycles. The van der Waals surface area contributed by atoms with Gasteiger partial charge in [0.25, 0.3) is 0 Å². The molecule has 0 radical (unpaired) electrons. The van der Waals surface area contributed by atoms with Crippen molar-refractivity contribution in [2.75, 3.05) is 13.1 Å². The molecule has 5 rings (SSSR count). The predicted octanol–water partition coefficient (Wildman–Crippen LogP) is -1.75. The molecule has 0 bridgehead atoms. The summed E-state index contributed by atoms with van der Waals surface area (Å²) >= 11 is 0. The lowest BCUT2D eigenvalue weighted by Crippen LogP contribution is -2.60. The van der Waals surface area contributed by atoms with E-state index in [0.717, 1.165) is 12.8 Å². The van der Waals surface area contributed by atoms with Crippen LogP contribution in [0.5, 0.6) is 11.5 Å². The number of carboxylic acids is 1. The molecule has 1 aromatic carbocycles. The van der Waals surface area contributed by atoms with Gasteiger partial charge in [-0.15, -0.1) is 0 Å². The molecule has 9 nitrogen and oxygen atoms in total. The zero-order valence-electron chi connectivity index (χ0n) is 15.2. The molecule has 3 heterocycles. The number of hydrogen-bond acceptors (Lipinski definition) is 8. The minimum atomic E-state index is -3.10. The highest BCUT2D eigenvalue weighted by atomic mass is 16.6. The molecule has 1 saturated carbocycles. The quantitative estimate of drug-likeness (QED) is 0.518. The molecule has 28 heavy (non-hydrogen) atoms. The summed E-state index contributed by atoms with van der Waals surface area (Å²) in [4.78, 5) is 25.8. The summed E-state index contributed by atoms with van der Waals surface area (Å²) in [6, 6.07) is 3.55. The van der Waals surface area contributed by atoms with E-state index in [-0.39, 0.29) is 47.9 Å². The summed E-state index contributed by atoms with van der Waals surface area (Å²) < 4.78 is 10.9. The lowest BCUT2D eigenvalue weighted by atomic mass is 9.70. The molecule has 3 fully saturated rings. The molecule has 10 heteroatoms. The van der Waals surface area contributed by atoms with Gasteiger partial charge in [-0.3, -0.25) is 4.79 Å². The first kappa shape index (κ1) is 17.8. The van der Waals surface area contributed by atoms with Crippen LogP contribution in [0.3, 0.4) is 0 Å². The van der Waals surface area contributed by atoms with E-state index in [1.54, 1.807) is 11.0 Å². The molecule has 3 N–H and O–H groups in total. The molecular formula is C18H21BN2O7-2. The number of benzene rings is 1. The van der Waals surface area contributed by atoms with Gasteiger partial charge in [-0.25, -0.2) is 0 Å². The van der Waals surface area contributed by atoms with E-state index in [1.165, 1.54) is 6.07 Å². The van der Waals surface area contributed by atoms with Crippen LogP contribution in [-0.2, 0) is 11.2 Å². The Morgan fingerprint density at radius 2 is 2.07 bits per heavy atom. The standard InChI is InChI=1S/C18H22BN2O7/c22-17(13-6-10-5-12(10)20-13)21-7-11(8-21)27-14-2-1-9-3-4-19(25,26)28-16(9)15(14)18(23)24/h1-2,10-13,20,25-26H,3-8H2,(H,23,24)/q-1/p-1/t10-,12-,13-/m0/s1. The van der Waals surface area contributed by atoms with Crippen molar-refractivity contribution >= 4 is 18.6 Å². The van der Waals surface area contributed by atoms with Crippen LogP contribution in [0, 0.1) is 5.92 Å². The van der Waals surface area contributed by atoms with Gasteiger partial charge in [0.15, 0.2) is 0 Å². The molecule has 1 amide bonds. The highest BCUT2D eigenvalue weighted by Gasteiger charge is 2.50. The Bertz CT molecular complexity index is 845. The Hall–Kier alpha value is -2.30. The fourth-order valence-electron chi connectivity index (χ4n) is 4.43. The van der Waals surface area contributed by atoms with Crippen molar-refractivity contribution < 1.29 is 34.1 Å². The minimum Gasteiger partial charge on any atom is -0.669 e. The average molecular weight is 388 g/mol. The van der Waals surface area contributed by atoms with Crippen LogP contribution in [0.25, 0.3) is 0 Å². The summed E-state index contributed by atoms with van der Waals surface area (Å²) in [5.74, 6) is -0.883. The first-order chi connectivity index (χ1) is 13.3. The Morgan fingerprint density at radius 1 is 1.29 bits per heavy atom. The molecule has 0 aromatic heterocycles. The minimum absolute atomic E-state index is 0.00367. The molecule has 4 aliphatic rings. The first-order valence-electron chi connectivity index (χ1n) is 9.69. The Labute approximate surface area is 161 Å². The second kappa shape index (κ2) is 6.10. The van der Waals surface area contributed by atoms with Crippen LogP contribution in [0.1, 0.15) is 28.8 Å². The van der Waals surface area contributed by atoms with Gasteiger partial charge in [0.1, 0.15) is 11.9 Å². The van der Waals surface area contributed by atoms with Crippen molar-refractivity contribution in [1.29, 1.82) is 0 Å². The first-order valence-corrected chi connectivity index (χ1v) is 9.69. The monoisotopic (exact) mass is 388 g/mol. The van der Waals surface area contributed by atoms with Gasteiger partial charge in [-0.1, -0.05) is 12.4 Å². The van der Waals surface area contributed by atoms with E-state index in [0.29, 0.717) is 30.6 Å². The van der Waals surface area contributed by atoms with E-state index in [1.807, 2.05) is 0 Å². The Morgan fingerprint density at radius 3 is 2.75 bits per heavy atom. The van der Waals surface area contributed by atoms with Crippen LogP contribution in [0.4, 0.5) is 0 Å². The maximum atomic E-state index is 12.5. The lowest BCUT2D eigenvalue weighted by molar-refractivity contribution is -0.255. The highest BCUT2D eigenvalue weighted by Crippen LogP contribution is 2.42. The van der Waals surface area contributed by atoms with Crippen molar-refractivity contribution in [3.8, 4) is 11.5 Å². The fraction of sp³-hybridized carbons (Fsp3) is 0.556. The van der Waals surface area contributed by atoms with Crippen LogP contribution >= 0.6 is 0 Å². The van der Waals surface area contributed by atoms with Crippen LogP contribution < -0.4 is 19.8 Å². The number of carbonyl (C=O) groups is 2. The lowest BCUT2D eigenvalue weighted by Gasteiger charge is -2.41. The van der Waals surface area contributed by atoms with Gasteiger partial charge in [-0.05, 0) is 36.8 Å². The number of hydrogen-bond donors (Lipinski definition) is 3. The van der Waals surface area contributed by atoms with Crippen molar-refractivity contribution in [3.05, 3.63) is 23.3 Å². The smallest absolute Gasteiger partial charge is 0.430 e.